The standard InChI is InChI=1S/C16H20ClN3O2S.ClH/c1-18-10-5-11-19-15-8-2-3-9-16(15)20(23(19,21)22)14-7-4-6-13(17)12-14;/h2-4,6-9,12,18,21-22H,5,10-11H2,1H3;1H. The van der Waals surface area contributed by atoms with Gasteiger partial charge in [-0.25, -0.2) is 4.31 Å². The predicted molar refractivity (Wildman–Crippen MR) is 106 cm³/mol. The van der Waals surface area contributed by atoms with Crippen LogP contribution in [0.3, 0.4) is 0 Å². The van der Waals surface area contributed by atoms with Gasteiger partial charge in [-0.1, -0.05) is 29.8 Å². The second-order valence-corrected chi connectivity index (χ2v) is 7.53. The highest BCUT2D eigenvalue weighted by Gasteiger charge is 2.41. The smallest absolute Gasteiger partial charge is 0.0896 e. The molecule has 2 aromatic carbocycles. The average Bonchev–Trinajstić information content (AvgIpc) is 2.74. The minimum absolute atomic E-state index is 0. The molecule has 2 aromatic rings. The first-order valence-corrected chi connectivity index (χ1v) is 9.25. The van der Waals surface area contributed by atoms with E-state index in [0.717, 1.165) is 24.3 Å². The monoisotopic (exact) mass is 389 g/mol. The van der Waals surface area contributed by atoms with Crippen molar-refractivity contribution in [3.63, 3.8) is 0 Å². The zero-order chi connectivity index (χ0) is 16.4. The molecule has 132 valence electrons. The molecule has 3 rings (SSSR count). The van der Waals surface area contributed by atoms with Crippen molar-refractivity contribution in [3.8, 4) is 0 Å². The molecule has 0 unspecified atom stereocenters. The van der Waals surface area contributed by atoms with E-state index in [4.69, 9.17) is 11.6 Å². The lowest BCUT2D eigenvalue weighted by molar-refractivity contribution is 0.483. The van der Waals surface area contributed by atoms with Crippen LogP contribution >= 0.6 is 35.0 Å². The van der Waals surface area contributed by atoms with Crippen LogP contribution in [0.2, 0.25) is 5.02 Å². The molecule has 5 nitrogen and oxygen atoms in total. The average molecular weight is 390 g/mol. The number of hydrogen-bond acceptors (Lipinski definition) is 5. The van der Waals surface area contributed by atoms with Crippen LogP contribution in [0.25, 0.3) is 0 Å². The number of fused-ring (bicyclic) bond motifs is 1. The van der Waals surface area contributed by atoms with Crippen molar-refractivity contribution in [1.29, 1.82) is 0 Å². The fourth-order valence-electron chi connectivity index (χ4n) is 2.73. The topological polar surface area (TPSA) is 59.0 Å². The van der Waals surface area contributed by atoms with Crippen LogP contribution in [0, 0.1) is 0 Å². The number of anilines is 3. The summed E-state index contributed by atoms with van der Waals surface area (Å²) in [7, 11) is -1.27. The minimum atomic E-state index is -3.16. The number of benzene rings is 2. The van der Waals surface area contributed by atoms with Gasteiger partial charge in [-0.2, -0.15) is 0 Å². The molecule has 0 atom stereocenters. The number of hydrogen-bond donors (Lipinski definition) is 3. The first kappa shape index (κ1) is 19.2. The molecule has 24 heavy (non-hydrogen) atoms. The first-order chi connectivity index (χ1) is 11.1. The Hall–Kier alpha value is -1.15. The van der Waals surface area contributed by atoms with E-state index in [1.807, 2.05) is 37.4 Å². The lowest BCUT2D eigenvalue weighted by Crippen LogP contribution is -2.32. The lowest BCUT2D eigenvalue weighted by Gasteiger charge is -2.43. The number of halogens is 2. The molecular weight excluding hydrogens is 369 g/mol. The molecule has 0 saturated heterocycles. The molecule has 0 aromatic heterocycles. The second-order valence-electron chi connectivity index (χ2n) is 5.31. The van der Waals surface area contributed by atoms with Crippen molar-refractivity contribution in [2.75, 3.05) is 28.7 Å². The van der Waals surface area contributed by atoms with E-state index in [1.165, 1.54) is 0 Å². The molecule has 1 heterocycles. The van der Waals surface area contributed by atoms with Crippen molar-refractivity contribution in [3.05, 3.63) is 53.6 Å². The number of para-hydroxylation sites is 2. The van der Waals surface area contributed by atoms with Crippen LogP contribution in [0.4, 0.5) is 17.1 Å². The molecular formula is C16H21Cl2N3O2S. The summed E-state index contributed by atoms with van der Waals surface area (Å²) in [5.74, 6) is 0. The van der Waals surface area contributed by atoms with Gasteiger partial charge in [0.05, 0.1) is 17.1 Å². The highest BCUT2D eigenvalue weighted by Crippen LogP contribution is 2.64. The van der Waals surface area contributed by atoms with Crippen LogP contribution in [-0.4, -0.2) is 29.2 Å². The van der Waals surface area contributed by atoms with Crippen LogP contribution in [0.15, 0.2) is 48.5 Å². The van der Waals surface area contributed by atoms with E-state index in [9.17, 15) is 9.11 Å². The van der Waals surface area contributed by atoms with Gasteiger partial charge in [-0.15, -0.1) is 12.4 Å². The molecule has 0 radical (unpaired) electrons. The fraction of sp³-hybridized carbons (Fsp3) is 0.250. The Balaban J connectivity index is 0.00000208. The summed E-state index contributed by atoms with van der Waals surface area (Å²) in [6, 6.07) is 14.7. The van der Waals surface area contributed by atoms with Gasteiger partial charge in [0.15, 0.2) is 0 Å². The maximum Gasteiger partial charge on any atom is 0.0896 e. The van der Waals surface area contributed by atoms with Crippen LogP contribution in [0.5, 0.6) is 0 Å². The Kier molecular flexibility index (Phi) is 6.25. The molecule has 0 fully saturated rings. The SMILES string of the molecule is CNCCCN1c2ccccc2N(c2cccc(Cl)c2)S1(O)O.Cl. The van der Waals surface area contributed by atoms with E-state index >= 15 is 0 Å². The Morgan fingerprint density at radius 1 is 1.08 bits per heavy atom. The molecule has 3 N–H and O–H groups in total. The fourth-order valence-corrected chi connectivity index (χ4v) is 4.72. The molecule has 0 saturated carbocycles. The van der Waals surface area contributed by atoms with Gasteiger partial charge in [0, 0.05) is 11.6 Å². The highest BCUT2D eigenvalue weighted by atomic mass is 35.5. The molecule has 0 aliphatic carbocycles. The van der Waals surface area contributed by atoms with Crippen molar-refractivity contribution >= 4 is 52.0 Å². The third-order valence-electron chi connectivity index (χ3n) is 3.74. The normalized spacial score (nSPS) is 16.5. The second kappa shape index (κ2) is 7.82. The van der Waals surface area contributed by atoms with Crippen molar-refractivity contribution < 1.29 is 9.11 Å². The third kappa shape index (κ3) is 3.44. The summed E-state index contributed by atoms with van der Waals surface area (Å²) >= 11 is 6.08. The van der Waals surface area contributed by atoms with E-state index in [-0.39, 0.29) is 12.4 Å². The quantitative estimate of drug-likeness (QED) is 0.634. The predicted octanol–water partition coefficient (Wildman–Crippen LogP) is 4.91. The summed E-state index contributed by atoms with van der Waals surface area (Å²) in [6.07, 6.45) is 0.810. The van der Waals surface area contributed by atoms with Crippen molar-refractivity contribution in [2.24, 2.45) is 0 Å². The third-order valence-corrected chi connectivity index (χ3v) is 5.84. The Labute approximate surface area is 155 Å². The molecule has 1 aliphatic rings. The van der Waals surface area contributed by atoms with E-state index < -0.39 is 11.0 Å². The maximum absolute atomic E-state index is 10.9. The number of rotatable bonds is 5. The summed E-state index contributed by atoms with van der Waals surface area (Å²) in [5, 5.41) is 3.64. The molecule has 0 amide bonds. The zero-order valence-corrected chi connectivity index (χ0v) is 15.6. The Bertz CT molecular complexity index is 703. The van der Waals surface area contributed by atoms with Gasteiger partial charge in [-0.3, -0.25) is 13.4 Å². The van der Waals surface area contributed by atoms with E-state index in [1.54, 1.807) is 26.8 Å². The first-order valence-electron chi connectivity index (χ1n) is 7.41. The Morgan fingerprint density at radius 2 is 1.79 bits per heavy atom. The van der Waals surface area contributed by atoms with Gasteiger partial charge in [0.2, 0.25) is 0 Å². The van der Waals surface area contributed by atoms with Gasteiger partial charge < -0.3 is 5.32 Å². The van der Waals surface area contributed by atoms with Gasteiger partial charge in [0.25, 0.3) is 0 Å². The minimum Gasteiger partial charge on any atom is -0.320 e. The van der Waals surface area contributed by atoms with Gasteiger partial charge >= 0.3 is 0 Å². The van der Waals surface area contributed by atoms with Crippen molar-refractivity contribution in [2.45, 2.75) is 6.42 Å². The van der Waals surface area contributed by atoms with Crippen LogP contribution in [0.1, 0.15) is 6.42 Å². The van der Waals surface area contributed by atoms with E-state index in [2.05, 4.69) is 5.32 Å². The largest absolute Gasteiger partial charge is 0.320 e. The summed E-state index contributed by atoms with van der Waals surface area (Å²) in [6.45, 7) is 1.36. The Morgan fingerprint density at radius 3 is 2.46 bits per heavy atom. The molecule has 0 bridgehead atoms. The van der Waals surface area contributed by atoms with Gasteiger partial charge in [-0.05, 0) is 61.3 Å². The van der Waals surface area contributed by atoms with Crippen LogP contribution < -0.4 is 13.9 Å². The zero-order valence-electron chi connectivity index (χ0n) is 13.2. The molecule has 8 heteroatoms. The number of nitrogens with zero attached hydrogens (tertiary/aromatic N) is 2. The summed E-state index contributed by atoms with van der Waals surface area (Å²) < 4.78 is 25.1. The summed E-state index contributed by atoms with van der Waals surface area (Å²) in [4.78, 5) is 0. The van der Waals surface area contributed by atoms with E-state index in [0.29, 0.717) is 17.3 Å². The molecule has 0 spiro atoms. The maximum atomic E-state index is 10.9. The lowest BCUT2D eigenvalue weighted by atomic mass is 10.2. The highest BCUT2D eigenvalue weighted by molar-refractivity contribution is 8.27. The molecule has 1 aliphatic heterocycles. The van der Waals surface area contributed by atoms with Crippen molar-refractivity contribution in [1.82, 2.24) is 5.32 Å². The van der Waals surface area contributed by atoms with Crippen LogP contribution in [-0.2, 0) is 0 Å². The summed E-state index contributed by atoms with van der Waals surface area (Å²) in [5.41, 5.74) is 2.27. The number of nitrogens with one attached hydrogen (secondary N) is 1. The van der Waals surface area contributed by atoms with Gasteiger partial charge in [0.1, 0.15) is 0 Å².